The van der Waals surface area contributed by atoms with Crippen LogP contribution in [0, 0.1) is 0 Å². The summed E-state index contributed by atoms with van der Waals surface area (Å²) >= 11 is 5.82. The molecular formula is C17H14ClN3O2. The van der Waals surface area contributed by atoms with Gasteiger partial charge in [0.25, 0.3) is 11.5 Å². The minimum absolute atomic E-state index is 0.169. The summed E-state index contributed by atoms with van der Waals surface area (Å²) in [5.41, 5.74) is 0.927. The Morgan fingerprint density at radius 3 is 2.61 bits per heavy atom. The van der Waals surface area contributed by atoms with E-state index in [1.165, 1.54) is 4.90 Å². The molecule has 0 aliphatic rings. The molecule has 0 radical (unpaired) electrons. The Balaban J connectivity index is 1.85. The van der Waals surface area contributed by atoms with E-state index in [4.69, 9.17) is 11.6 Å². The number of para-hydroxylation sites is 1. The lowest BCUT2D eigenvalue weighted by molar-refractivity contribution is 0.0781. The van der Waals surface area contributed by atoms with Gasteiger partial charge in [-0.25, -0.2) is 4.98 Å². The minimum atomic E-state index is -0.210. The van der Waals surface area contributed by atoms with E-state index in [2.05, 4.69) is 9.97 Å². The van der Waals surface area contributed by atoms with Crippen LogP contribution in [0.3, 0.4) is 0 Å². The maximum absolute atomic E-state index is 12.4. The first-order valence-corrected chi connectivity index (χ1v) is 7.41. The Kier molecular flexibility index (Phi) is 4.12. The summed E-state index contributed by atoms with van der Waals surface area (Å²) in [4.78, 5) is 33.0. The van der Waals surface area contributed by atoms with Crippen molar-refractivity contribution in [2.45, 2.75) is 6.54 Å². The molecule has 0 spiro atoms. The number of nitrogens with zero attached hydrogens (tertiary/aromatic N) is 2. The van der Waals surface area contributed by atoms with Crippen molar-refractivity contribution >= 4 is 28.4 Å². The standard InChI is InChI=1S/C17H14ClN3O2/c1-21(17(23)11-6-8-12(18)9-7-11)10-15-19-14-5-3-2-4-13(14)16(22)20-15/h2-9H,10H2,1H3,(H,19,20,22). The van der Waals surface area contributed by atoms with Gasteiger partial charge in [-0.05, 0) is 36.4 Å². The van der Waals surface area contributed by atoms with Gasteiger partial charge in [-0.2, -0.15) is 0 Å². The van der Waals surface area contributed by atoms with Crippen molar-refractivity contribution in [2.24, 2.45) is 0 Å². The van der Waals surface area contributed by atoms with Crippen molar-refractivity contribution in [1.29, 1.82) is 0 Å². The lowest BCUT2D eigenvalue weighted by atomic mass is 10.2. The average Bonchev–Trinajstić information content (AvgIpc) is 2.55. The first kappa shape index (κ1) is 15.2. The van der Waals surface area contributed by atoms with E-state index in [-0.39, 0.29) is 18.0 Å². The zero-order chi connectivity index (χ0) is 16.4. The SMILES string of the molecule is CN(Cc1nc2ccccc2c(=O)[nH]1)C(=O)c1ccc(Cl)cc1. The normalized spacial score (nSPS) is 10.7. The Labute approximate surface area is 137 Å². The summed E-state index contributed by atoms with van der Waals surface area (Å²) < 4.78 is 0. The van der Waals surface area contributed by atoms with Crippen LogP contribution in [-0.2, 0) is 6.54 Å². The van der Waals surface area contributed by atoms with Gasteiger partial charge in [0.05, 0.1) is 17.4 Å². The van der Waals surface area contributed by atoms with Gasteiger partial charge >= 0.3 is 0 Å². The molecule has 0 fully saturated rings. The van der Waals surface area contributed by atoms with Gasteiger partial charge in [-0.3, -0.25) is 9.59 Å². The third-order valence-corrected chi connectivity index (χ3v) is 3.74. The number of hydrogen-bond acceptors (Lipinski definition) is 3. The quantitative estimate of drug-likeness (QED) is 0.804. The smallest absolute Gasteiger partial charge is 0.258 e. The van der Waals surface area contributed by atoms with Crippen LogP contribution in [0.4, 0.5) is 0 Å². The van der Waals surface area contributed by atoms with Gasteiger partial charge in [0.2, 0.25) is 0 Å². The van der Waals surface area contributed by atoms with Crippen LogP contribution in [-0.4, -0.2) is 27.8 Å². The fourth-order valence-corrected chi connectivity index (χ4v) is 2.45. The van der Waals surface area contributed by atoms with Gasteiger partial charge in [0.1, 0.15) is 5.82 Å². The molecule has 3 aromatic rings. The summed E-state index contributed by atoms with van der Waals surface area (Å²) in [6, 6.07) is 13.8. The highest BCUT2D eigenvalue weighted by Crippen LogP contribution is 2.12. The molecule has 6 heteroatoms. The molecule has 116 valence electrons. The molecule has 0 bridgehead atoms. The topological polar surface area (TPSA) is 66.1 Å². The second-order valence-electron chi connectivity index (χ2n) is 5.20. The highest BCUT2D eigenvalue weighted by Gasteiger charge is 2.13. The van der Waals surface area contributed by atoms with Crippen LogP contribution in [0.25, 0.3) is 10.9 Å². The van der Waals surface area contributed by atoms with Crippen LogP contribution in [0.5, 0.6) is 0 Å². The molecule has 0 unspecified atom stereocenters. The number of carbonyl (C=O) groups excluding carboxylic acids is 1. The predicted molar refractivity (Wildman–Crippen MR) is 89.6 cm³/mol. The van der Waals surface area contributed by atoms with Crippen molar-refractivity contribution < 1.29 is 4.79 Å². The highest BCUT2D eigenvalue weighted by molar-refractivity contribution is 6.30. The van der Waals surface area contributed by atoms with Crippen LogP contribution in [0.1, 0.15) is 16.2 Å². The summed E-state index contributed by atoms with van der Waals surface area (Å²) in [6.45, 7) is 0.210. The van der Waals surface area contributed by atoms with Gasteiger partial charge < -0.3 is 9.88 Å². The number of aromatic amines is 1. The monoisotopic (exact) mass is 327 g/mol. The van der Waals surface area contributed by atoms with Crippen LogP contribution in [0.15, 0.2) is 53.3 Å². The number of carbonyl (C=O) groups is 1. The molecule has 3 rings (SSSR count). The summed E-state index contributed by atoms with van der Waals surface area (Å²) in [6.07, 6.45) is 0. The Morgan fingerprint density at radius 1 is 1.17 bits per heavy atom. The highest BCUT2D eigenvalue weighted by atomic mass is 35.5. The van der Waals surface area contributed by atoms with E-state index >= 15 is 0 Å². The van der Waals surface area contributed by atoms with E-state index < -0.39 is 0 Å². The van der Waals surface area contributed by atoms with E-state index in [0.29, 0.717) is 27.3 Å². The third kappa shape index (κ3) is 3.24. The molecule has 1 heterocycles. The number of amides is 1. The number of halogens is 1. The lowest BCUT2D eigenvalue weighted by Crippen LogP contribution is -2.28. The first-order chi connectivity index (χ1) is 11.0. The number of nitrogens with one attached hydrogen (secondary N) is 1. The van der Waals surface area contributed by atoms with Crippen molar-refractivity contribution in [2.75, 3.05) is 7.05 Å². The zero-order valence-electron chi connectivity index (χ0n) is 12.4. The van der Waals surface area contributed by atoms with E-state index in [0.717, 1.165) is 0 Å². The second kappa shape index (κ2) is 6.22. The molecule has 0 atom stereocenters. The van der Waals surface area contributed by atoms with Crippen molar-refractivity contribution in [1.82, 2.24) is 14.9 Å². The number of H-pyrrole nitrogens is 1. The predicted octanol–water partition coefficient (Wildman–Crippen LogP) is 2.85. The molecule has 0 saturated heterocycles. The third-order valence-electron chi connectivity index (χ3n) is 3.49. The molecule has 5 nitrogen and oxygen atoms in total. The van der Waals surface area contributed by atoms with Crippen molar-refractivity contribution in [3.05, 3.63) is 75.3 Å². The average molecular weight is 328 g/mol. The van der Waals surface area contributed by atoms with Crippen LogP contribution in [0.2, 0.25) is 5.02 Å². The molecule has 1 amide bonds. The molecule has 0 aliphatic carbocycles. The fraction of sp³-hybridized carbons (Fsp3) is 0.118. The van der Waals surface area contributed by atoms with Gasteiger partial charge in [0.15, 0.2) is 0 Å². The zero-order valence-corrected chi connectivity index (χ0v) is 13.2. The molecule has 1 N–H and O–H groups in total. The molecular weight excluding hydrogens is 314 g/mol. The molecule has 1 aromatic heterocycles. The Morgan fingerprint density at radius 2 is 1.87 bits per heavy atom. The van der Waals surface area contributed by atoms with Gasteiger partial charge in [-0.1, -0.05) is 23.7 Å². The number of aromatic nitrogens is 2. The minimum Gasteiger partial charge on any atom is -0.334 e. The van der Waals surface area contributed by atoms with E-state index in [1.807, 2.05) is 6.07 Å². The van der Waals surface area contributed by atoms with Gasteiger partial charge in [0, 0.05) is 17.6 Å². The summed E-state index contributed by atoms with van der Waals surface area (Å²) in [5, 5.41) is 1.10. The number of benzene rings is 2. The molecule has 2 aromatic carbocycles. The van der Waals surface area contributed by atoms with Gasteiger partial charge in [-0.15, -0.1) is 0 Å². The van der Waals surface area contributed by atoms with Crippen LogP contribution < -0.4 is 5.56 Å². The largest absolute Gasteiger partial charge is 0.334 e. The lowest BCUT2D eigenvalue weighted by Gasteiger charge is -2.16. The summed E-state index contributed by atoms with van der Waals surface area (Å²) in [7, 11) is 1.66. The Hall–Kier alpha value is -2.66. The van der Waals surface area contributed by atoms with E-state index in [9.17, 15) is 9.59 Å². The summed E-state index contributed by atoms with van der Waals surface area (Å²) in [5.74, 6) is 0.274. The maximum atomic E-state index is 12.4. The molecule has 23 heavy (non-hydrogen) atoms. The fourth-order valence-electron chi connectivity index (χ4n) is 2.32. The van der Waals surface area contributed by atoms with Crippen molar-refractivity contribution in [3.8, 4) is 0 Å². The van der Waals surface area contributed by atoms with Crippen LogP contribution >= 0.6 is 11.6 Å². The van der Waals surface area contributed by atoms with E-state index in [1.54, 1.807) is 49.5 Å². The number of rotatable bonds is 3. The second-order valence-corrected chi connectivity index (χ2v) is 5.63. The first-order valence-electron chi connectivity index (χ1n) is 7.03. The molecule has 0 aliphatic heterocycles. The number of fused-ring (bicyclic) bond motifs is 1. The Bertz CT molecular complexity index is 919. The molecule has 0 saturated carbocycles. The van der Waals surface area contributed by atoms with Crippen molar-refractivity contribution in [3.63, 3.8) is 0 Å². The maximum Gasteiger partial charge on any atom is 0.258 e. The number of hydrogen-bond donors (Lipinski definition) is 1.